The number of carbonyl (C=O) groups excluding carboxylic acids is 1. The smallest absolute Gasteiger partial charge is 0.224 e. The van der Waals surface area contributed by atoms with Gasteiger partial charge in [-0.1, -0.05) is 6.07 Å². The first-order chi connectivity index (χ1) is 12.0. The van der Waals surface area contributed by atoms with E-state index < -0.39 is 0 Å². The second kappa shape index (κ2) is 7.48. The number of nitrogens with one attached hydrogen (secondary N) is 2. The summed E-state index contributed by atoms with van der Waals surface area (Å²) in [6, 6.07) is 5.91. The van der Waals surface area contributed by atoms with Gasteiger partial charge < -0.3 is 19.8 Å². The number of H-pyrrole nitrogens is 1. The van der Waals surface area contributed by atoms with Crippen LogP contribution in [0.2, 0.25) is 0 Å². The summed E-state index contributed by atoms with van der Waals surface area (Å²) in [5.74, 6) is 1.36. The standard InChI is InChI=1S/C20H28N2O3/c1-4-24-17-7-5-6-16-19(17)15(13-21-16)10-18(23)22-12-14-8-9-25-20(2,3)11-14/h5-7,13-14,21H,4,8-12H2,1-3H3,(H,22,23)/t14-/m0/s1. The van der Waals surface area contributed by atoms with Crippen LogP contribution in [-0.2, 0) is 16.0 Å². The lowest BCUT2D eigenvalue weighted by atomic mass is 9.88. The van der Waals surface area contributed by atoms with E-state index in [1.165, 1.54) is 0 Å². The Hall–Kier alpha value is -2.01. The van der Waals surface area contributed by atoms with Crippen LogP contribution in [-0.4, -0.2) is 36.3 Å². The summed E-state index contributed by atoms with van der Waals surface area (Å²) in [6.07, 6.45) is 4.25. The van der Waals surface area contributed by atoms with E-state index in [2.05, 4.69) is 24.1 Å². The average Bonchev–Trinajstić information content (AvgIpc) is 2.96. The molecule has 5 heteroatoms. The molecule has 0 spiro atoms. The highest BCUT2D eigenvalue weighted by atomic mass is 16.5. The van der Waals surface area contributed by atoms with E-state index in [9.17, 15) is 4.79 Å². The van der Waals surface area contributed by atoms with Crippen molar-refractivity contribution in [2.24, 2.45) is 5.92 Å². The third kappa shape index (κ3) is 4.34. The molecule has 3 rings (SSSR count). The third-order valence-electron chi connectivity index (χ3n) is 4.79. The van der Waals surface area contributed by atoms with Gasteiger partial charge in [0.25, 0.3) is 0 Å². The van der Waals surface area contributed by atoms with E-state index in [1.807, 2.05) is 31.3 Å². The van der Waals surface area contributed by atoms with Crippen LogP contribution in [0.1, 0.15) is 39.2 Å². The van der Waals surface area contributed by atoms with Gasteiger partial charge >= 0.3 is 0 Å². The molecule has 1 fully saturated rings. The Morgan fingerprint density at radius 3 is 3.04 bits per heavy atom. The van der Waals surface area contributed by atoms with Crippen LogP contribution in [0.4, 0.5) is 0 Å². The van der Waals surface area contributed by atoms with E-state index in [1.54, 1.807) is 0 Å². The Bertz CT molecular complexity index is 736. The number of aromatic amines is 1. The number of hydrogen-bond acceptors (Lipinski definition) is 3. The molecule has 2 heterocycles. The molecule has 1 aromatic heterocycles. The second-order valence-corrected chi connectivity index (χ2v) is 7.37. The number of amides is 1. The van der Waals surface area contributed by atoms with Crippen molar-refractivity contribution in [1.29, 1.82) is 0 Å². The first-order valence-electron chi connectivity index (χ1n) is 9.11. The lowest BCUT2D eigenvalue weighted by Gasteiger charge is -2.35. The van der Waals surface area contributed by atoms with Crippen molar-refractivity contribution in [2.45, 2.75) is 45.6 Å². The topological polar surface area (TPSA) is 63.4 Å². The largest absolute Gasteiger partial charge is 0.493 e. The number of carbonyl (C=O) groups is 1. The first-order valence-corrected chi connectivity index (χ1v) is 9.11. The average molecular weight is 344 g/mol. The van der Waals surface area contributed by atoms with E-state index in [0.717, 1.165) is 41.7 Å². The van der Waals surface area contributed by atoms with Crippen LogP contribution in [0.25, 0.3) is 10.9 Å². The van der Waals surface area contributed by atoms with Crippen molar-refractivity contribution in [2.75, 3.05) is 19.8 Å². The first kappa shape index (κ1) is 17.8. The SMILES string of the molecule is CCOc1cccc2[nH]cc(CC(=O)NC[C@H]3CCOC(C)(C)C3)c12. The quantitative estimate of drug-likeness (QED) is 0.844. The summed E-state index contributed by atoms with van der Waals surface area (Å²) in [4.78, 5) is 15.7. The molecule has 1 aromatic carbocycles. The van der Waals surface area contributed by atoms with Gasteiger partial charge in [-0.05, 0) is 57.2 Å². The van der Waals surface area contributed by atoms with Gasteiger partial charge in [0.2, 0.25) is 5.91 Å². The molecule has 2 N–H and O–H groups in total. The van der Waals surface area contributed by atoms with E-state index >= 15 is 0 Å². The molecule has 1 aliphatic rings. The van der Waals surface area contributed by atoms with Crippen LogP contribution < -0.4 is 10.1 Å². The van der Waals surface area contributed by atoms with Gasteiger partial charge in [-0.3, -0.25) is 4.79 Å². The second-order valence-electron chi connectivity index (χ2n) is 7.37. The zero-order valence-corrected chi connectivity index (χ0v) is 15.4. The Morgan fingerprint density at radius 2 is 2.28 bits per heavy atom. The maximum Gasteiger partial charge on any atom is 0.224 e. The molecule has 1 amide bonds. The Balaban J connectivity index is 1.62. The summed E-state index contributed by atoms with van der Waals surface area (Å²) >= 11 is 0. The van der Waals surface area contributed by atoms with E-state index in [0.29, 0.717) is 25.5 Å². The fourth-order valence-corrected chi connectivity index (χ4v) is 3.66. The monoisotopic (exact) mass is 344 g/mol. The molecule has 0 unspecified atom stereocenters. The predicted octanol–water partition coefficient (Wildman–Crippen LogP) is 3.43. The number of ether oxygens (including phenoxy) is 2. The minimum absolute atomic E-state index is 0.0523. The molecular formula is C20H28N2O3. The lowest BCUT2D eigenvalue weighted by molar-refractivity contribution is -0.121. The van der Waals surface area contributed by atoms with Gasteiger partial charge in [0, 0.05) is 30.3 Å². The van der Waals surface area contributed by atoms with Crippen LogP contribution in [0.3, 0.4) is 0 Å². The highest BCUT2D eigenvalue weighted by Gasteiger charge is 2.28. The Kier molecular flexibility index (Phi) is 5.33. The van der Waals surface area contributed by atoms with Crippen LogP contribution in [0.15, 0.2) is 24.4 Å². The highest BCUT2D eigenvalue weighted by molar-refractivity contribution is 5.93. The van der Waals surface area contributed by atoms with Gasteiger partial charge in [-0.2, -0.15) is 0 Å². The van der Waals surface area contributed by atoms with Gasteiger partial charge in [0.05, 0.1) is 18.6 Å². The van der Waals surface area contributed by atoms with Crippen molar-refractivity contribution in [3.63, 3.8) is 0 Å². The normalized spacial score (nSPS) is 19.7. The number of fused-ring (bicyclic) bond motifs is 1. The molecule has 136 valence electrons. The third-order valence-corrected chi connectivity index (χ3v) is 4.79. The van der Waals surface area contributed by atoms with E-state index in [-0.39, 0.29) is 11.5 Å². The summed E-state index contributed by atoms with van der Waals surface area (Å²) in [6.45, 7) is 8.28. The van der Waals surface area contributed by atoms with Crippen molar-refractivity contribution in [3.05, 3.63) is 30.0 Å². The molecule has 1 saturated heterocycles. The molecule has 1 aliphatic heterocycles. The fourth-order valence-electron chi connectivity index (χ4n) is 3.66. The van der Waals surface area contributed by atoms with Crippen molar-refractivity contribution in [1.82, 2.24) is 10.3 Å². The Labute approximate surface area is 149 Å². The molecule has 1 atom stereocenters. The van der Waals surface area contributed by atoms with Gasteiger partial charge in [-0.15, -0.1) is 0 Å². The van der Waals surface area contributed by atoms with Crippen molar-refractivity contribution >= 4 is 16.8 Å². The highest BCUT2D eigenvalue weighted by Crippen LogP contribution is 2.30. The minimum Gasteiger partial charge on any atom is -0.493 e. The number of aromatic nitrogens is 1. The van der Waals surface area contributed by atoms with Gasteiger partial charge in [0.15, 0.2) is 0 Å². The number of hydrogen-bond donors (Lipinski definition) is 2. The predicted molar refractivity (Wildman–Crippen MR) is 98.9 cm³/mol. The molecule has 0 saturated carbocycles. The Morgan fingerprint density at radius 1 is 1.44 bits per heavy atom. The summed E-state index contributed by atoms with van der Waals surface area (Å²) in [7, 11) is 0. The molecule has 0 aliphatic carbocycles. The minimum atomic E-state index is -0.0864. The summed E-state index contributed by atoms with van der Waals surface area (Å²) in [5.41, 5.74) is 1.89. The number of benzene rings is 1. The van der Waals surface area contributed by atoms with Crippen molar-refractivity contribution < 1.29 is 14.3 Å². The molecule has 5 nitrogen and oxygen atoms in total. The maximum atomic E-state index is 12.4. The van der Waals surface area contributed by atoms with Crippen molar-refractivity contribution in [3.8, 4) is 5.75 Å². The molecule has 25 heavy (non-hydrogen) atoms. The van der Waals surface area contributed by atoms with Gasteiger partial charge in [0.1, 0.15) is 5.75 Å². The van der Waals surface area contributed by atoms with Crippen LogP contribution in [0, 0.1) is 5.92 Å². The van der Waals surface area contributed by atoms with Crippen LogP contribution in [0.5, 0.6) is 5.75 Å². The maximum absolute atomic E-state index is 12.4. The molecule has 0 bridgehead atoms. The fraction of sp³-hybridized carbons (Fsp3) is 0.550. The molecular weight excluding hydrogens is 316 g/mol. The van der Waals surface area contributed by atoms with Gasteiger partial charge in [-0.25, -0.2) is 0 Å². The lowest BCUT2D eigenvalue weighted by Crippen LogP contribution is -2.39. The molecule has 0 radical (unpaired) electrons. The number of rotatable bonds is 6. The van der Waals surface area contributed by atoms with Crippen LogP contribution >= 0.6 is 0 Å². The van der Waals surface area contributed by atoms with E-state index in [4.69, 9.17) is 9.47 Å². The zero-order valence-electron chi connectivity index (χ0n) is 15.4. The zero-order chi connectivity index (χ0) is 17.9. The molecule has 2 aromatic rings. The summed E-state index contributed by atoms with van der Waals surface area (Å²) in [5, 5.41) is 4.10. The summed E-state index contributed by atoms with van der Waals surface area (Å²) < 4.78 is 11.5.